The number of ether oxygens (including phenoxy) is 1. The lowest BCUT2D eigenvalue weighted by atomic mass is 10.1. The van der Waals surface area contributed by atoms with Crippen molar-refractivity contribution < 1.29 is 19.1 Å². The third-order valence-corrected chi connectivity index (χ3v) is 3.95. The van der Waals surface area contributed by atoms with Gasteiger partial charge in [0.25, 0.3) is 11.8 Å². The summed E-state index contributed by atoms with van der Waals surface area (Å²) in [6.45, 7) is 0.389. The molecule has 0 aliphatic carbocycles. The van der Waals surface area contributed by atoms with Crippen LogP contribution in [0.1, 0.15) is 32.7 Å². The van der Waals surface area contributed by atoms with E-state index >= 15 is 0 Å². The zero-order valence-electron chi connectivity index (χ0n) is 13.1. The van der Waals surface area contributed by atoms with Gasteiger partial charge in [0.1, 0.15) is 6.29 Å². The topological polar surface area (TPSA) is 63.7 Å². The molecule has 1 aliphatic rings. The van der Waals surface area contributed by atoms with Crippen LogP contribution in [-0.2, 0) is 16.1 Å². The van der Waals surface area contributed by atoms with Crippen LogP contribution in [-0.4, -0.2) is 35.6 Å². The summed E-state index contributed by atoms with van der Waals surface area (Å²) in [5.74, 6) is -0.676. The van der Waals surface area contributed by atoms with Crippen LogP contribution in [0.3, 0.4) is 0 Å². The highest BCUT2D eigenvalue weighted by Gasteiger charge is 2.36. The Hall–Kier alpha value is -2.79. The zero-order valence-corrected chi connectivity index (χ0v) is 13.1. The maximum atomic E-state index is 12.4. The third-order valence-electron chi connectivity index (χ3n) is 3.95. The molecule has 1 atom stereocenters. The minimum atomic E-state index is -0.523. The second-order valence-electron chi connectivity index (χ2n) is 5.59. The van der Waals surface area contributed by atoms with Gasteiger partial charge in [0, 0.05) is 6.42 Å². The van der Waals surface area contributed by atoms with Gasteiger partial charge in [0.05, 0.1) is 30.4 Å². The summed E-state index contributed by atoms with van der Waals surface area (Å²) in [6.07, 6.45) is 0.346. The summed E-state index contributed by atoms with van der Waals surface area (Å²) in [6, 6.07) is 16.3. The van der Waals surface area contributed by atoms with Crippen LogP contribution in [0, 0.1) is 0 Å². The highest BCUT2D eigenvalue weighted by molar-refractivity contribution is 6.21. The largest absolute Gasteiger partial charge is 0.371 e. The van der Waals surface area contributed by atoms with Gasteiger partial charge >= 0.3 is 0 Å². The van der Waals surface area contributed by atoms with Gasteiger partial charge in [-0.25, -0.2) is 0 Å². The quantitative estimate of drug-likeness (QED) is 0.580. The summed E-state index contributed by atoms with van der Waals surface area (Å²) < 4.78 is 5.75. The van der Waals surface area contributed by atoms with Crippen LogP contribution in [0.5, 0.6) is 0 Å². The molecule has 1 aliphatic heterocycles. The van der Waals surface area contributed by atoms with Crippen molar-refractivity contribution in [2.45, 2.75) is 19.1 Å². The molecule has 0 aromatic heterocycles. The Bertz CT molecular complexity index is 722. The van der Waals surface area contributed by atoms with Crippen LogP contribution in [0.4, 0.5) is 0 Å². The molecule has 3 rings (SSSR count). The van der Waals surface area contributed by atoms with Crippen molar-refractivity contribution in [3.8, 4) is 0 Å². The fraction of sp³-hybridized carbons (Fsp3) is 0.211. The van der Waals surface area contributed by atoms with Gasteiger partial charge in [0.15, 0.2) is 0 Å². The summed E-state index contributed by atoms with van der Waals surface area (Å²) in [5.41, 5.74) is 1.77. The van der Waals surface area contributed by atoms with Crippen molar-refractivity contribution >= 4 is 18.1 Å². The van der Waals surface area contributed by atoms with Crippen LogP contribution < -0.4 is 0 Å². The first-order chi connectivity index (χ1) is 11.7. The van der Waals surface area contributed by atoms with Gasteiger partial charge in [-0.2, -0.15) is 0 Å². The van der Waals surface area contributed by atoms with Crippen LogP contribution >= 0.6 is 0 Å². The molecule has 2 aromatic carbocycles. The molecule has 0 bridgehead atoms. The first kappa shape index (κ1) is 16.1. The maximum absolute atomic E-state index is 12.4. The van der Waals surface area contributed by atoms with E-state index in [1.54, 1.807) is 24.3 Å². The lowest BCUT2D eigenvalue weighted by Crippen LogP contribution is -2.38. The monoisotopic (exact) mass is 323 g/mol. The van der Waals surface area contributed by atoms with Gasteiger partial charge in [-0.1, -0.05) is 42.5 Å². The van der Waals surface area contributed by atoms with Crippen molar-refractivity contribution in [2.24, 2.45) is 0 Å². The maximum Gasteiger partial charge on any atom is 0.261 e. The molecule has 2 aromatic rings. The van der Waals surface area contributed by atoms with Crippen molar-refractivity contribution in [1.29, 1.82) is 0 Å². The Labute approximate surface area is 139 Å². The molecule has 0 spiro atoms. The number of benzene rings is 2. The first-order valence-electron chi connectivity index (χ1n) is 7.75. The molecule has 24 heavy (non-hydrogen) atoms. The number of amides is 2. The van der Waals surface area contributed by atoms with Crippen molar-refractivity contribution in [3.05, 3.63) is 71.3 Å². The normalized spacial score (nSPS) is 14.6. The van der Waals surface area contributed by atoms with Gasteiger partial charge in [-0.15, -0.1) is 0 Å². The van der Waals surface area contributed by atoms with E-state index in [4.69, 9.17) is 4.74 Å². The van der Waals surface area contributed by atoms with E-state index in [-0.39, 0.29) is 24.8 Å². The van der Waals surface area contributed by atoms with Crippen LogP contribution in [0.2, 0.25) is 0 Å². The predicted molar refractivity (Wildman–Crippen MR) is 87.5 cm³/mol. The molecule has 5 nitrogen and oxygen atoms in total. The predicted octanol–water partition coefficient (Wildman–Crippen LogP) is 2.46. The van der Waals surface area contributed by atoms with E-state index in [2.05, 4.69) is 0 Å². The van der Waals surface area contributed by atoms with E-state index in [1.807, 2.05) is 30.3 Å². The third kappa shape index (κ3) is 3.26. The smallest absolute Gasteiger partial charge is 0.261 e. The lowest BCUT2D eigenvalue weighted by molar-refractivity contribution is -0.111. The van der Waals surface area contributed by atoms with E-state index in [0.717, 1.165) is 16.7 Å². The van der Waals surface area contributed by atoms with E-state index in [1.165, 1.54) is 0 Å². The van der Waals surface area contributed by atoms with Gasteiger partial charge in [-0.05, 0) is 17.7 Å². The minimum Gasteiger partial charge on any atom is -0.371 e. The van der Waals surface area contributed by atoms with Crippen LogP contribution in [0.25, 0.3) is 0 Å². The molecular formula is C19H17NO4. The SMILES string of the molecule is O=CCC(CN1C(=O)c2ccccc2C1=O)OCc1ccccc1. The standard InChI is InChI=1S/C19H17NO4/c21-11-10-15(24-13-14-6-2-1-3-7-14)12-20-18(22)16-8-4-5-9-17(16)19(20)23/h1-9,11,15H,10,12-13H2. The second-order valence-corrected chi connectivity index (χ2v) is 5.59. The van der Waals surface area contributed by atoms with Gasteiger partial charge < -0.3 is 9.53 Å². The first-order valence-corrected chi connectivity index (χ1v) is 7.75. The number of imide groups is 1. The number of hydrogen-bond donors (Lipinski definition) is 0. The molecule has 0 saturated heterocycles. The van der Waals surface area contributed by atoms with E-state index in [9.17, 15) is 14.4 Å². The molecule has 122 valence electrons. The Morgan fingerprint density at radius 2 is 1.50 bits per heavy atom. The number of aldehydes is 1. The summed E-state index contributed by atoms with van der Waals surface area (Å²) in [5, 5.41) is 0. The molecule has 0 radical (unpaired) electrons. The molecular weight excluding hydrogens is 306 g/mol. The van der Waals surface area contributed by atoms with E-state index in [0.29, 0.717) is 17.7 Å². The highest BCUT2D eigenvalue weighted by Crippen LogP contribution is 2.23. The molecule has 0 N–H and O–H groups in total. The number of hydrogen-bond acceptors (Lipinski definition) is 4. The molecule has 0 fully saturated rings. The van der Waals surface area contributed by atoms with E-state index < -0.39 is 6.10 Å². The fourth-order valence-corrected chi connectivity index (χ4v) is 2.70. The molecule has 1 heterocycles. The number of carbonyl (C=O) groups excluding carboxylic acids is 3. The Morgan fingerprint density at radius 1 is 0.917 bits per heavy atom. The Balaban J connectivity index is 1.69. The molecule has 0 saturated carbocycles. The van der Waals surface area contributed by atoms with Crippen molar-refractivity contribution in [2.75, 3.05) is 6.54 Å². The zero-order chi connectivity index (χ0) is 16.9. The minimum absolute atomic E-state index is 0.0674. The summed E-state index contributed by atoms with van der Waals surface area (Å²) >= 11 is 0. The lowest BCUT2D eigenvalue weighted by Gasteiger charge is -2.21. The fourth-order valence-electron chi connectivity index (χ4n) is 2.70. The average molecular weight is 323 g/mol. The van der Waals surface area contributed by atoms with Crippen molar-refractivity contribution in [1.82, 2.24) is 4.90 Å². The molecule has 5 heteroatoms. The number of rotatable bonds is 7. The van der Waals surface area contributed by atoms with Crippen molar-refractivity contribution in [3.63, 3.8) is 0 Å². The summed E-state index contributed by atoms with van der Waals surface area (Å²) in [4.78, 5) is 36.8. The van der Waals surface area contributed by atoms with Gasteiger partial charge in [-0.3, -0.25) is 14.5 Å². The number of carbonyl (C=O) groups is 3. The highest BCUT2D eigenvalue weighted by atomic mass is 16.5. The number of fused-ring (bicyclic) bond motifs is 1. The summed E-state index contributed by atoms with van der Waals surface area (Å²) in [7, 11) is 0. The van der Waals surface area contributed by atoms with Gasteiger partial charge in [0.2, 0.25) is 0 Å². The second kappa shape index (κ2) is 7.19. The molecule has 1 unspecified atom stereocenters. The Morgan fingerprint density at radius 3 is 2.08 bits per heavy atom. The average Bonchev–Trinajstić information content (AvgIpc) is 2.86. The Kier molecular flexibility index (Phi) is 4.82. The molecule has 2 amide bonds. The number of nitrogens with zero attached hydrogens (tertiary/aromatic N) is 1. The van der Waals surface area contributed by atoms with Crippen LogP contribution in [0.15, 0.2) is 54.6 Å².